The summed E-state index contributed by atoms with van der Waals surface area (Å²) in [4.78, 5) is 0. The van der Waals surface area contributed by atoms with Crippen molar-refractivity contribution in [2.75, 3.05) is 6.54 Å². The zero-order valence-corrected chi connectivity index (χ0v) is 13.9. The lowest BCUT2D eigenvalue weighted by Crippen LogP contribution is -2.20. The van der Waals surface area contributed by atoms with E-state index in [2.05, 4.69) is 53.2 Å². The lowest BCUT2D eigenvalue weighted by molar-refractivity contribution is 0.480. The molecule has 0 spiro atoms. The Morgan fingerprint density at radius 2 is 2.00 bits per heavy atom. The van der Waals surface area contributed by atoms with Crippen molar-refractivity contribution in [2.45, 2.75) is 58.4 Å². The van der Waals surface area contributed by atoms with E-state index < -0.39 is 0 Å². The smallest absolute Gasteiger partial charge is 0.0656 e. The summed E-state index contributed by atoms with van der Waals surface area (Å²) in [7, 11) is 0. The molecule has 0 amide bonds. The van der Waals surface area contributed by atoms with Gasteiger partial charge in [-0.1, -0.05) is 46.0 Å². The van der Waals surface area contributed by atoms with Gasteiger partial charge in [-0.3, -0.25) is 0 Å². The summed E-state index contributed by atoms with van der Waals surface area (Å²) in [6, 6.07) is 2.89. The number of hydrogen-bond donors (Lipinski definition) is 1. The van der Waals surface area contributed by atoms with Gasteiger partial charge in [-0.15, -0.1) is 11.3 Å². The highest BCUT2D eigenvalue weighted by Crippen LogP contribution is 2.26. The molecule has 1 N–H and O–H groups in total. The molecule has 1 aromatic rings. The summed E-state index contributed by atoms with van der Waals surface area (Å²) in [5.41, 5.74) is 1.48. The van der Waals surface area contributed by atoms with E-state index in [1.807, 2.05) is 11.3 Å². The molecule has 0 aliphatic carbocycles. The van der Waals surface area contributed by atoms with Crippen LogP contribution in [0.1, 0.15) is 64.0 Å². The van der Waals surface area contributed by atoms with Gasteiger partial charge in [0.1, 0.15) is 0 Å². The molecule has 0 radical (unpaired) electrons. The number of unbranched alkanes of at least 4 members (excludes halogenated alkanes) is 4. The Hall–Kier alpha value is 0.390. The van der Waals surface area contributed by atoms with Crippen LogP contribution < -0.4 is 5.32 Å². The minimum absolute atomic E-state index is 0.571. The van der Waals surface area contributed by atoms with Gasteiger partial charge in [0.25, 0.3) is 0 Å². The number of nitrogens with one attached hydrogen (secondary N) is 1. The molecular weight excluding hydrogens is 341 g/mol. The average molecular weight is 365 g/mol. The summed E-state index contributed by atoms with van der Waals surface area (Å²) in [6.45, 7) is 5.53. The van der Waals surface area contributed by atoms with Crippen molar-refractivity contribution in [1.29, 1.82) is 0 Å². The molecule has 1 aromatic heterocycles. The number of hydrogen-bond acceptors (Lipinski definition) is 2. The molecular formula is C14H24INS. The average Bonchev–Trinajstić information content (AvgIpc) is 2.74. The fourth-order valence-electron chi connectivity index (χ4n) is 2.09. The molecule has 0 saturated carbocycles. The molecule has 98 valence electrons. The van der Waals surface area contributed by atoms with Gasteiger partial charge in [-0.05, 0) is 52.6 Å². The molecule has 17 heavy (non-hydrogen) atoms. The summed E-state index contributed by atoms with van der Waals surface area (Å²) < 4.78 is 1.39. The topological polar surface area (TPSA) is 12.0 Å². The van der Waals surface area contributed by atoms with E-state index in [1.54, 1.807) is 0 Å². The molecule has 0 aromatic carbocycles. The third-order valence-corrected chi connectivity index (χ3v) is 4.84. The first kappa shape index (κ1) is 15.4. The molecule has 1 atom stereocenters. The largest absolute Gasteiger partial charge is 0.310 e. The fourth-order valence-corrected chi connectivity index (χ4v) is 3.52. The summed E-state index contributed by atoms with van der Waals surface area (Å²) in [6.07, 6.45) is 8.14. The quantitative estimate of drug-likeness (QED) is 0.459. The molecule has 1 rings (SSSR count). The van der Waals surface area contributed by atoms with E-state index in [-0.39, 0.29) is 0 Å². The predicted molar refractivity (Wildman–Crippen MR) is 86.8 cm³/mol. The van der Waals surface area contributed by atoms with Crippen LogP contribution in [0.3, 0.4) is 0 Å². The summed E-state index contributed by atoms with van der Waals surface area (Å²) in [5, 5.41) is 5.91. The predicted octanol–water partition coefficient (Wildman–Crippen LogP) is 5.36. The molecule has 1 nitrogen and oxygen atoms in total. The highest BCUT2D eigenvalue weighted by atomic mass is 127. The Kier molecular flexibility index (Phi) is 8.48. The van der Waals surface area contributed by atoms with E-state index in [0.717, 1.165) is 6.54 Å². The summed E-state index contributed by atoms with van der Waals surface area (Å²) in [5.74, 6) is 0. The molecule has 0 aliphatic heterocycles. The molecule has 0 fully saturated rings. The number of rotatable bonds is 9. The Morgan fingerprint density at radius 1 is 1.24 bits per heavy atom. The maximum Gasteiger partial charge on any atom is 0.0656 e. The van der Waals surface area contributed by atoms with E-state index in [0.29, 0.717) is 6.04 Å². The van der Waals surface area contributed by atoms with Crippen molar-refractivity contribution in [2.24, 2.45) is 0 Å². The maximum atomic E-state index is 3.61. The van der Waals surface area contributed by atoms with Gasteiger partial charge in [-0.2, -0.15) is 0 Å². The zero-order chi connectivity index (χ0) is 12.5. The minimum atomic E-state index is 0.571. The van der Waals surface area contributed by atoms with Crippen molar-refractivity contribution in [3.8, 4) is 0 Å². The van der Waals surface area contributed by atoms with Crippen LogP contribution in [0.5, 0.6) is 0 Å². The second-order valence-corrected chi connectivity index (χ2v) is 7.30. The molecule has 1 heterocycles. The zero-order valence-electron chi connectivity index (χ0n) is 11.0. The van der Waals surface area contributed by atoms with Crippen LogP contribution in [-0.2, 0) is 0 Å². The lowest BCUT2D eigenvalue weighted by Gasteiger charge is -2.16. The van der Waals surface area contributed by atoms with Crippen LogP contribution in [0.25, 0.3) is 0 Å². The highest BCUT2D eigenvalue weighted by molar-refractivity contribution is 14.1. The van der Waals surface area contributed by atoms with Crippen LogP contribution in [0.15, 0.2) is 11.4 Å². The molecule has 3 heteroatoms. The van der Waals surface area contributed by atoms with Gasteiger partial charge in [0, 0.05) is 6.04 Å². The Morgan fingerprint density at radius 3 is 2.59 bits per heavy atom. The van der Waals surface area contributed by atoms with Gasteiger partial charge < -0.3 is 5.32 Å². The molecule has 1 unspecified atom stereocenters. The number of halogens is 1. The van der Waals surface area contributed by atoms with Crippen LogP contribution in [-0.4, -0.2) is 6.54 Å². The second-order valence-electron chi connectivity index (χ2n) is 4.50. The second kappa shape index (κ2) is 9.34. The van der Waals surface area contributed by atoms with Gasteiger partial charge in [0.05, 0.1) is 2.88 Å². The van der Waals surface area contributed by atoms with Crippen molar-refractivity contribution < 1.29 is 0 Å². The van der Waals surface area contributed by atoms with Crippen LogP contribution in [0, 0.1) is 2.88 Å². The van der Waals surface area contributed by atoms with Gasteiger partial charge in [0.2, 0.25) is 0 Å². The fraction of sp³-hybridized carbons (Fsp3) is 0.714. The first-order chi connectivity index (χ1) is 8.27. The standard InChI is InChI=1S/C14H24INS/c1-3-5-6-7-8-9-13(16-4-2)12-10-14(15)17-11-12/h10-11,13,16H,3-9H2,1-2H3. The molecule has 0 saturated heterocycles. The van der Waals surface area contributed by atoms with Crippen LogP contribution >= 0.6 is 33.9 Å². The van der Waals surface area contributed by atoms with Crippen LogP contribution in [0.4, 0.5) is 0 Å². The molecule has 0 aliphatic rings. The van der Waals surface area contributed by atoms with E-state index in [1.165, 1.54) is 47.0 Å². The highest BCUT2D eigenvalue weighted by Gasteiger charge is 2.11. The van der Waals surface area contributed by atoms with Gasteiger partial charge in [0.15, 0.2) is 0 Å². The third kappa shape index (κ3) is 6.20. The summed E-state index contributed by atoms with van der Waals surface area (Å²) >= 11 is 4.26. The Bertz CT molecular complexity index is 298. The van der Waals surface area contributed by atoms with E-state index >= 15 is 0 Å². The SMILES string of the molecule is CCCCCCCC(NCC)c1csc(I)c1. The van der Waals surface area contributed by atoms with Crippen molar-refractivity contribution >= 4 is 33.9 Å². The Balaban J connectivity index is 2.33. The third-order valence-electron chi connectivity index (χ3n) is 3.04. The van der Waals surface area contributed by atoms with Gasteiger partial charge >= 0.3 is 0 Å². The Labute approximate surface area is 124 Å². The number of thiophene rings is 1. The van der Waals surface area contributed by atoms with Gasteiger partial charge in [-0.25, -0.2) is 0 Å². The lowest BCUT2D eigenvalue weighted by atomic mass is 10.0. The van der Waals surface area contributed by atoms with Crippen molar-refractivity contribution in [3.63, 3.8) is 0 Å². The van der Waals surface area contributed by atoms with Crippen molar-refractivity contribution in [3.05, 3.63) is 19.9 Å². The maximum absolute atomic E-state index is 3.61. The minimum Gasteiger partial charge on any atom is -0.310 e. The van der Waals surface area contributed by atoms with Crippen molar-refractivity contribution in [1.82, 2.24) is 5.32 Å². The van der Waals surface area contributed by atoms with Crippen LogP contribution in [0.2, 0.25) is 0 Å². The monoisotopic (exact) mass is 365 g/mol. The van der Waals surface area contributed by atoms with E-state index in [4.69, 9.17) is 0 Å². The van der Waals surface area contributed by atoms with E-state index in [9.17, 15) is 0 Å². The molecule has 0 bridgehead atoms. The normalized spacial score (nSPS) is 12.9. The first-order valence-corrected chi connectivity index (χ1v) is 8.71. The first-order valence-electron chi connectivity index (χ1n) is 6.75.